The molecule has 0 aromatic carbocycles. The van der Waals surface area contributed by atoms with Gasteiger partial charge in [0.15, 0.2) is 0 Å². The molecule has 0 amide bonds. The van der Waals surface area contributed by atoms with E-state index in [1.807, 2.05) is 45.3 Å². The maximum atomic E-state index is 3.79. The van der Waals surface area contributed by atoms with Gasteiger partial charge in [0, 0.05) is 19.5 Å². The lowest BCUT2D eigenvalue weighted by Gasteiger charge is -2.13. The van der Waals surface area contributed by atoms with E-state index < -0.39 is 32.3 Å². The van der Waals surface area contributed by atoms with Gasteiger partial charge in [0.25, 0.3) is 0 Å². The minimum absolute atomic E-state index is 1.20. The van der Waals surface area contributed by atoms with Crippen LogP contribution in [0.3, 0.4) is 0 Å². The molecule has 0 bridgehead atoms. The molecule has 8 heteroatoms. The van der Waals surface area contributed by atoms with Crippen LogP contribution in [0.5, 0.6) is 0 Å². The minimum atomic E-state index is -1.39. The zero-order chi connectivity index (χ0) is 29.7. The van der Waals surface area contributed by atoms with Crippen molar-refractivity contribution in [3.05, 3.63) is 79.5 Å². The SMILES string of the molecule is C[Si](C)(C)c1ccc(C(=C=C=C(c2ccc([Si](C)(C)C)s2)c2ccc([Si](C)(C)C)s2)c2ccc([Si](C)(C)C)s2)s1. The van der Waals surface area contributed by atoms with Crippen LogP contribution >= 0.6 is 45.3 Å². The predicted octanol–water partition coefficient (Wildman–Crippen LogP) is 9.43. The second-order valence-corrected chi connectivity index (χ2v) is 40.6. The van der Waals surface area contributed by atoms with Gasteiger partial charge < -0.3 is 0 Å². The summed E-state index contributed by atoms with van der Waals surface area (Å²) in [6, 6.07) is 18.8. The number of hydrogen-bond donors (Lipinski definition) is 0. The van der Waals surface area contributed by atoms with Crippen LogP contribution in [0.25, 0.3) is 11.1 Å². The Labute approximate surface area is 262 Å². The van der Waals surface area contributed by atoms with E-state index in [0.717, 1.165) is 0 Å². The van der Waals surface area contributed by atoms with E-state index in [0.29, 0.717) is 0 Å². The highest BCUT2D eigenvalue weighted by atomic mass is 32.1. The number of hydrogen-bond acceptors (Lipinski definition) is 4. The normalized spacial score (nSPS) is 12.8. The average molecular weight is 669 g/mol. The third-order valence-electron chi connectivity index (χ3n) is 6.68. The fourth-order valence-electron chi connectivity index (χ4n) is 4.12. The zero-order valence-electron chi connectivity index (χ0n) is 26.3. The van der Waals surface area contributed by atoms with Crippen molar-refractivity contribution in [1.29, 1.82) is 0 Å². The van der Waals surface area contributed by atoms with E-state index in [9.17, 15) is 0 Å². The lowest BCUT2D eigenvalue weighted by Crippen LogP contribution is -2.34. The van der Waals surface area contributed by atoms with E-state index in [4.69, 9.17) is 0 Å². The van der Waals surface area contributed by atoms with Gasteiger partial charge in [-0.25, -0.2) is 0 Å². The highest BCUT2D eigenvalue weighted by Crippen LogP contribution is 2.33. The maximum absolute atomic E-state index is 3.79. The second-order valence-electron chi connectivity index (χ2n) is 14.7. The van der Waals surface area contributed by atoms with Gasteiger partial charge in [0.2, 0.25) is 0 Å². The highest BCUT2D eigenvalue weighted by Gasteiger charge is 2.25. The fourth-order valence-corrected chi connectivity index (χ4v) is 15.9. The first-order chi connectivity index (χ1) is 18.3. The molecule has 40 heavy (non-hydrogen) atoms. The summed E-state index contributed by atoms with van der Waals surface area (Å²) in [5.41, 5.74) is 9.98. The summed E-state index contributed by atoms with van der Waals surface area (Å²) in [4.78, 5) is 5.26. The van der Waals surface area contributed by atoms with Gasteiger partial charge >= 0.3 is 0 Å². The predicted molar refractivity (Wildman–Crippen MR) is 201 cm³/mol. The van der Waals surface area contributed by atoms with Gasteiger partial charge in [-0.3, -0.25) is 0 Å². The van der Waals surface area contributed by atoms with E-state index >= 15 is 0 Å². The van der Waals surface area contributed by atoms with E-state index in [1.54, 1.807) is 18.0 Å². The Morgan fingerprint density at radius 2 is 0.575 bits per heavy atom. The third kappa shape index (κ3) is 7.48. The van der Waals surface area contributed by atoms with Crippen molar-refractivity contribution < 1.29 is 0 Å². The van der Waals surface area contributed by atoms with Crippen molar-refractivity contribution >= 4 is 107 Å². The van der Waals surface area contributed by atoms with Crippen molar-refractivity contribution in [2.45, 2.75) is 78.6 Å². The summed E-state index contributed by atoms with van der Waals surface area (Å²) in [6.45, 7) is 29.3. The number of rotatable bonds is 8. The van der Waals surface area contributed by atoms with Gasteiger partial charge in [-0.1, -0.05) is 114 Å². The van der Waals surface area contributed by atoms with Gasteiger partial charge in [0.1, 0.15) is 0 Å². The summed E-state index contributed by atoms with van der Waals surface area (Å²) >= 11 is 7.86. The zero-order valence-corrected chi connectivity index (χ0v) is 33.5. The van der Waals surface area contributed by atoms with Crippen molar-refractivity contribution in [2.24, 2.45) is 0 Å². The van der Waals surface area contributed by atoms with Crippen LogP contribution in [0.1, 0.15) is 19.5 Å². The molecule has 0 spiro atoms. The molecule has 4 aromatic heterocycles. The van der Waals surface area contributed by atoms with Crippen molar-refractivity contribution in [1.82, 2.24) is 0 Å². The summed E-state index contributed by atoms with van der Waals surface area (Å²) in [5, 5.41) is 0. The molecule has 4 heterocycles. The maximum Gasteiger partial charge on any atom is 0.0904 e. The first-order valence-electron chi connectivity index (χ1n) is 14.0. The van der Waals surface area contributed by atoms with Crippen molar-refractivity contribution in [2.75, 3.05) is 0 Å². The molecule has 4 aromatic rings. The second kappa shape index (κ2) is 11.6. The van der Waals surface area contributed by atoms with Gasteiger partial charge in [-0.2, -0.15) is 0 Å². The lowest BCUT2D eigenvalue weighted by atomic mass is 10.1. The standard InChI is InChI=1S/C32H44S4Si4/c1-37(2,3)29-19-15-25(33-29)23(26-16-20-30(34-26)38(4,5)6)13-14-24(27-17-21-31(35-27)39(7,8)9)28-18-22-32(36-28)40(10,11)12/h15-22H,1-12H3. The molecule has 0 aliphatic carbocycles. The first-order valence-corrected chi connectivity index (χ1v) is 31.3. The molecular weight excluding hydrogens is 625 g/mol. The molecule has 0 unspecified atom stereocenters. The number of thiophene rings is 4. The molecule has 0 saturated carbocycles. The van der Waals surface area contributed by atoms with Crippen LogP contribution in [0.15, 0.2) is 60.0 Å². The van der Waals surface area contributed by atoms with Gasteiger partial charge in [-0.15, -0.1) is 45.3 Å². The van der Waals surface area contributed by atoms with Crippen LogP contribution in [0.2, 0.25) is 78.6 Å². The molecular formula is C32H44S4Si4. The Morgan fingerprint density at radius 3 is 0.725 bits per heavy atom. The molecule has 0 aliphatic rings. The topological polar surface area (TPSA) is 0 Å². The first kappa shape index (κ1) is 31.9. The molecule has 0 nitrogen and oxygen atoms in total. The monoisotopic (exact) mass is 668 g/mol. The van der Waals surface area contributed by atoms with Crippen LogP contribution in [-0.4, -0.2) is 32.3 Å². The van der Waals surface area contributed by atoms with Crippen LogP contribution in [-0.2, 0) is 0 Å². The van der Waals surface area contributed by atoms with E-state index in [1.165, 1.54) is 30.7 Å². The Bertz CT molecular complexity index is 1370. The van der Waals surface area contributed by atoms with Crippen LogP contribution < -0.4 is 18.0 Å². The molecule has 0 saturated heterocycles. The summed E-state index contributed by atoms with van der Waals surface area (Å²) in [5.74, 6) is 0. The van der Waals surface area contributed by atoms with Gasteiger partial charge in [-0.05, 0) is 42.3 Å². The van der Waals surface area contributed by atoms with Crippen molar-refractivity contribution in [3.63, 3.8) is 0 Å². The molecule has 0 aliphatic heterocycles. The Balaban J connectivity index is 2.02. The van der Waals surface area contributed by atoms with E-state index in [-0.39, 0.29) is 0 Å². The molecule has 4 rings (SSSR count). The molecule has 212 valence electrons. The molecule has 0 N–H and O–H groups in total. The summed E-state index contributed by atoms with van der Waals surface area (Å²) in [6.07, 6.45) is 0. The fraction of sp³-hybridized carbons (Fsp3) is 0.375. The molecule has 0 atom stereocenters. The summed E-state index contributed by atoms with van der Waals surface area (Å²) in [7, 11) is -5.57. The lowest BCUT2D eigenvalue weighted by molar-refractivity contribution is 1.76. The molecule has 0 fully saturated rings. The quantitative estimate of drug-likeness (QED) is 0.130. The summed E-state index contributed by atoms with van der Waals surface area (Å²) < 4.78 is 6.18. The Morgan fingerprint density at radius 1 is 0.375 bits per heavy atom. The molecule has 0 radical (unpaired) electrons. The van der Waals surface area contributed by atoms with Gasteiger partial charge in [0.05, 0.1) is 43.4 Å². The largest absolute Gasteiger partial charge is 0.144 e. The smallest absolute Gasteiger partial charge is 0.0904 e. The van der Waals surface area contributed by atoms with Crippen LogP contribution in [0, 0.1) is 0 Å². The Kier molecular flexibility index (Phi) is 9.22. The third-order valence-corrected chi connectivity index (χ3v) is 25.5. The Hall–Kier alpha value is -1.03. The highest BCUT2D eigenvalue weighted by molar-refractivity contribution is 7.30. The minimum Gasteiger partial charge on any atom is -0.144 e. The van der Waals surface area contributed by atoms with E-state index in [2.05, 4.69) is 139 Å². The average Bonchev–Trinajstić information content (AvgIpc) is 3.60. The van der Waals surface area contributed by atoms with Crippen LogP contribution in [0.4, 0.5) is 0 Å². The van der Waals surface area contributed by atoms with Crippen molar-refractivity contribution in [3.8, 4) is 0 Å².